The Bertz CT molecular complexity index is 957. The van der Waals surface area contributed by atoms with Gasteiger partial charge in [0.05, 0.1) is 6.54 Å². The molecule has 3 rings (SSSR count). The van der Waals surface area contributed by atoms with E-state index in [4.69, 9.17) is 0 Å². The maximum absolute atomic E-state index is 12.8. The van der Waals surface area contributed by atoms with Crippen molar-refractivity contribution >= 4 is 21.8 Å². The topological polar surface area (TPSA) is 69.7 Å². The van der Waals surface area contributed by atoms with E-state index in [9.17, 15) is 13.2 Å². The SMILES string of the molecule is Cc1cccc(CN2CCN(CC(=O)Nc3cc(C)ccc3C)S2(=O)=O)c1. The van der Waals surface area contributed by atoms with Gasteiger partial charge in [0.1, 0.15) is 0 Å². The first-order valence-electron chi connectivity index (χ1n) is 8.93. The van der Waals surface area contributed by atoms with Crippen molar-refractivity contribution < 1.29 is 13.2 Å². The molecule has 0 bridgehead atoms. The monoisotopic (exact) mass is 387 g/mol. The average Bonchev–Trinajstić information content (AvgIpc) is 2.86. The molecule has 27 heavy (non-hydrogen) atoms. The Morgan fingerprint density at radius 2 is 1.70 bits per heavy atom. The van der Waals surface area contributed by atoms with Crippen LogP contribution in [-0.2, 0) is 21.5 Å². The van der Waals surface area contributed by atoms with Gasteiger partial charge < -0.3 is 5.32 Å². The highest BCUT2D eigenvalue weighted by atomic mass is 32.2. The van der Waals surface area contributed by atoms with Crippen LogP contribution >= 0.6 is 0 Å². The van der Waals surface area contributed by atoms with Crippen molar-refractivity contribution in [2.45, 2.75) is 27.3 Å². The van der Waals surface area contributed by atoms with Gasteiger partial charge in [-0.1, -0.05) is 42.0 Å². The molecule has 1 saturated heterocycles. The summed E-state index contributed by atoms with van der Waals surface area (Å²) < 4.78 is 28.2. The van der Waals surface area contributed by atoms with Crippen LogP contribution in [0.15, 0.2) is 42.5 Å². The number of nitrogens with one attached hydrogen (secondary N) is 1. The fourth-order valence-corrected chi connectivity index (χ4v) is 4.72. The molecule has 0 saturated carbocycles. The smallest absolute Gasteiger partial charge is 0.282 e. The summed E-state index contributed by atoms with van der Waals surface area (Å²) in [6, 6.07) is 13.6. The zero-order valence-corrected chi connectivity index (χ0v) is 16.7. The molecule has 1 aliphatic rings. The number of anilines is 1. The summed E-state index contributed by atoms with van der Waals surface area (Å²) in [6.45, 7) is 6.67. The van der Waals surface area contributed by atoms with Gasteiger partial charge in [-0.25, -0.2) is 0 Å². The molecule has 1 heterocycles. The Morgan fingerprint density at radius 1 is 1.00 bits per heavy atom. The predicted octanol–water partition coefficient (Wildman–Crippen LogP) is 2.61. The number of hydrogen-bond acceptors (Lipinski definition) is 3. The summed E-state index contributed by atoms with van der Waals surface area (Å²) in [5.74, 6) is -0.329. The summed E-state index contributed by atoms with van der Waals surface area (Å²) in [5.41, 5.74) is 4.73. The Hall–Kier alpha value is -2.22. The van der Waals surface area contributed by atoms with Crippen LogP contribution in [0, 0.1) is 20.8 Å². The van der Waals surface area contributed by atoms with E-state index in [2.05, 4.69) is 5.32 Å². The van der Waals surface area contributed by atoms with Gasteiger partial charge in [0, 0.05) is 25.3 Å². The number of hydrogen-bond donors (Lipinski definition) is 1. The molecule has 1 N–H and O–H groups in total. The maximum Gasteiger partial charge on any atom is 0.282 e. The predicted molar refractivity (Wildman–Crippen MR) is 107 cm³/mol. The van der Waals surface area contributed by atoms with Crippen molar-refractivity contribution in [2.75, 3.05) is 25.0 Å². The van der Waals surface area contributed by atoms with Crippen LogP contribution in [0.3, 0.4) is 0 Å². The van der Waals surface area contributed by atoms with E-state index in [-0.39, 0.29) is 12.5 Å². The molecule has 0 aliphatic carbocycles. The minimum Gasteiger partial charge on any atom is -0.325 e. The van der Waals surface area contributed by atoms with Crippen molar-refractivity contribution in [3.05, 3.63) is 64.7 Å². The van der Waals surface area contributed by atoms with Crippen molar-refractivity contribution in [1.82, 2.24) is 8.61 Å². The van der Waals surface area contributed by atoms with Crippen molar-refractivity contribution in [3.8, 4) is 0 Å². The van der Waals surface area contributed by atoms with Crippen LogP contribution in [0.5, 0.6) is 0 Å². The van der Waals surface area contributed by atoms with E-state index < -0.39 is 10.2 Å². The number of carbonyl (C=O) groups excluding carboxylic acids is 1. The first kappa shape index (κ1) is 19.5. The largest absolute Gasteiger partial charge is 0.325 e. The highest BCUT2D eigenvalue weighted by molar-refractivity contribution is 7.87. The van der Waals surface area contributed by atoms with Crippen LogP contribution in [0.25, 0.3) is 0 Å². The zero-order chi connectivity index (χ0) is 19.6. The van der Waals surface area contributed by atoms with Gasteiger partial charge in [-0.3, -0.25) is 4.79 Å². The summed E-state index contributed by atoms with van der Waals surface area (Å²) in [5, 5.41) is 2.82. The molecule has 2 aromatic carbocycles. The standard InChI is InChI=1S/C20H25N3O3S/c1-15-5-4-6-18(11-15)13-22-9-10-23(27(22,25)26)14-20(24)21-19-12-16(2)7-8-17(19)3/h4-8,11-12H,9-10,13-14H2,1-3H3,(H,21,24). The fourth-order valence-electron chi connectivity index (χ4n) is 3.17. The molecule has 1 amide bonds. The number of nitrogens with zero attached hydrogens (tertiary/aromatic N) is 2. The lowest BCUT2D eigenvalue weighted by Gasteiger charge is -2.19. The Balaban J connectivity index is 1.65. The maximum atomic E-state index is 12.8. The van der Waals surface area contributed by atoms with Crippen LogP contribution in [0.1, 0.15) is 22.3 Å². The van der Waals surface area contributed by atoms with E-state index in [0.717, 1.165) is 22.3 Å². The summed E-state index contributed by atoms with van der Waals surface area (Å²) in [4.78, 5) is 12.4. The molecular formula is C20H25N3O3S. The van der Waals surface area contributed by atoms with Gasteiger partial charge >= 0.3 is 0 Å². The average molecular weight is 388 g/mol. The molecule has 2 aromatic rings. The molecule has 0 unspecified atom stereocenters. The molecule has 7 heteroatoms. The molecule has 144 valence electrons. The van der Waals surface area contributed by atoms with Gasteiger partial charge in [0.2, 0.25) is 5.91 Å². The van der Waals surface area contributed by atoms with Crippen LogP contribution in [0.4, 0.5) is 5.69 Å². The molecule has 1 aliphatic heterocycles. The van der Waals surface area contributed by atoms with Crippen LogP contribution in [-0.4, -0.2) is 42.6 Å². The van der Waals surface area contributed by atoms with Gasteiger partial charge in [-0.05, 0) is 43.5 Å². The van der Waals surface area contributed by atoms with E-state index >= 15 is 0 Å². The molecule has 0 atom stereocenters. The second-order valence-electron chi connectivity index (χ2n) is 7.03. The van der Waals surface area contributed by atoms with E-state index in [1.165, 1.54) is 8.61 Å². The molecule has 0 aromatic heterocycles. The van der Waals surface area contributed by atoms with Gasteiger partial charge in [-0.2, -0.15) is 17.0 Å². The van der Waals surface area contributed by atoms with Gasteiger partial charge in [0.25, 0.3) is 10.2 Å². The van der Waals surface area contributed by atoms with Crippen LogP contribution in [0.2, 0.25) is 0 Å². The highest BCUT2D eigenvalue weighted by Gasteiger charge is 2.37. The third-order valence-corrected chi connectivity index (χ3v) is 6.61. The fraction of sp³-hybridized carbons (Fsp3) is 0.350. The lowest BCUT2D eigenvalue weighted by atomic mass is 10.1. The first-order chi connectivity index (χ1) is 12.8. The molecule has 0 spiro atoms. The molecular weight excluding hydrogens is 362 g/mol. The van der Waals surface area contributed by atoms with Gasteiger partial charge in [0.15, 0.2) is 0 Å². The van der Waals surface area contributed by atoms with Crippen molar-refractivity contribution in [3.63, 3.8) is 0 Å². The number of amides is 1. The van der Waals surface area contributed by atoms with E-state index in [1.807, 2.05) is 63.2 Å². The molecule has 6 nitrogen and oxygen atoms in total. The van der Waals surface area contributed by atoms with E-state index in [0.29, 0.717) is 25.3 Å². The first-order valence-corrected chi connectivity index (χ1v) is 10.3. The molecule has 0 radical (unpaired) electrons. The summed E-state index contributed by atoms with van der Waals surface area (Å²) >= 11 is 0. The number of rotatable bonds is 5. The number of carbonyl (C=O) groups is 1. The van der Waals surface area contributed by atoms with Gasteiger partial charge in [-0.15, -0.1) is 0 Å². The van der Waals surface area contributed by atoms with Crippen LogP contribution < -0.4 is 5.32 Å². The number of benzene rings is 2. The Labute approximate surface area is 161 Å². The lowest BCUT2D eigenvalue weighted by Crippen LogP contribution is -2.38. The minimum absolute atomic E-state index is 0.181. The minimum atomic E-state index is -3.64. The summed E-state index contributed by atoms with van der Waals surface area (Å²) in [6.07, 6.45) is 0. The van der Waals surface area contributed by atoms with E-state index in [1.54, 1.807) is 0 Å². The molecule has 1 fully saturated rings. The second-order valence-corrected chi connectivity index (χ2v) is 8.96. The third-order valence-electron chi connectivity index (χ3n) is 4.68. The second kappa shape index (κ2) is 7.80. The Kier molecular flexibility index (Phi) is 5.64. The third kappa shape index (κ3) is 4.55. The summed E-state index contributed by atoms with van der Waals surface area (Å²) in [7, 11) is -3.64. The zero-order valence-electron chi connectivity index (χ0n) is 15.9. The van der Waals surface area contributed by atoms with Crippen molar-refractivity contribution in [2.24, 2.45) is 0 Å². The number of aryl methyl sites for hydroxylation is 3. The Morgan fingerprint density at radius 3 is 2.44 bits per heavy atom. The lowest BCUT2D eigenvalue weighted by molar-refractivity contribution is -0.116. The highest BCUT2D eigenvalue weighted by Crippen LogP contribution is 2.21. The quantitative estimate of drug-likeness (QED) is 0.857. The van der Waals surface area contributed by atoms with Crippen molar-refractivity contribution in [1.29, 1.82) is 0 Å². The normalized spacial score (nSPS) is 17.1.